The third-order valence-electron chi connectivity index (χ3n) is 2.06. The topological polar surface area (TPSA) is 93.5 Å². The quantitative estimate of drug-likeness (QED) is 0.592. The van der Waals surface area contributed by atoms with Gasteiger partial charge in [-0.25, -0.2) is 4.98 Å². The second-order valence-electron chi connectivity index (χ2n) is 3.56. The summed E-state index contributed by atoms with van der Waals surface area (Å²) < 4.78 is 0. The van der Waals surface area contributed by atoms with Crippen LogP contribution in [-0.2, 0) is 11.2 Å². The summed E-state index contributed by atoms with van der Waals surface area (Å²) in [6.45, 7) is 0.580. The third kappa shape index (κ3) is 5.49. The first kappa shape index (κ1) is 14.7. The predicted octanol–water partition coefficient (Wildman–Crippen LogP) is 0.761. The van der Waals surface area contributed by atoms with Crippen LogP contribution in [0.2, 0.25) is 0 Å². The molecular weight excluding hydrogens is 296 g/mol. The second-order valence-corrected chi connectivity index (χ2v) is 6.00. The molecule has 7 nitrogen and oxygen atoms in total. The average Bonchev–Trinajstić information content (AvgIpc) is 2.49. The first-order valence-electron chi connectivity index (χ1n) is 5.81. The molecule has 104 valence electrons. The summed E-state index contributed by atoms with van der Waals surface area (Å²) in [7, 11) is 3.22. The zero-order valence-electron chi connectivity index (χ0n) is 10.5. The minimum Gasteiger partial charge on any atom is -0.355 e. The highest BCUT2D eigenvalue weighted by molar-refractivity contribution is 8.76. The van der Waals surface area contributed by atoms with Crippen LogP contribution >= 0.6 is 21.6 Å². The van der Waals surface area contributed by atoms with Crippen LogP contribution in [-0.4, -0.2) is 43.6 Å². The minimum absolute atomic E-state index is 0.0961. The van der Waals surface area contributed by atoms with Crippen LogP contribution in [0, 0.1) is 0 Å². The first-order valence-corrected chi connectivity index (χ1v) is 8.13. The molecule has 0 fully saturated rings. The van der Waals surface area contributed by atoms with Crippen molar-refractivity contribution in [2.75, 3.05) is 12.3 Å². The maximum Gasteiger partial charge on any atom is 0.227 e. The van der Waals surface area contributed by atoms with Gasteiger partial charge >= 0.3 is 0 Å². The van der Waals surface area contributed by atoms with Crippen molar-refractivity contribution in [2.24, 2.45) is 0 Å². The van der Waals surface area contributed by atoms with Crippen molar-refractivity contribution in [2.45, 2.75) is 11.4 Å². The van der Waals surface area contributed by atoms with Gasteiger partial charge in [0.05, 0.1) is 6.42 Å². The molecule has 2 aromatic heterocycles. The van der Waals surface area contributed by atoms with E-state index >= 15 is 0 Å². The van der Waals surface area contributed by atoms with Gasteiger partial charge in [-0.05, 0) is 22.9 Å². The summed E-state index contributed by atoms with van der Waals surface area (Å²) in [5.74, 6) is 0.975. The van der Waals surface area contributed by atoms with Gasteiger partial charge in [0.1, 0.15) is 5.03 Å². The molecule has 0 aromatic carbocycles. The van der Waals surface area contributed by atoms with Gasteiger partial charge in [0, 0.05) is 18.5 Å². The zero-order chi connectivity index (χ0) is 14.0. The Balaban J connectivity index is 1.58. The number of aromatic nitrogens is 5. The van der Waals surface area contributed by atoms with Gasteiger partial charge < -0.3 is 5.32 Å². The van der Waals surface area contributed by atoms with Crippen LogP contribution < -0.4 is 5.32 Å². The lowest BCUT2D eigenvalue weighted by Crippen LogP contribution is -2.28. The highest BCUT2D eigenvalue weighted by Gasteiger charge is 2.05. The van der Waals surface area contributed by atoms with Gasteiger partial charge in [0.2, 0.25) is 5.91 Å². The average molecular weight is 308 g/mol. The molecule has 0 aliphatic rings. The Kier molecular flexibility index (Phi) is 6.18. The summed E-state index contributed by atoms with van der Waals surface area (Å²) in [5, 5.41) is 18.3. The number of hydrogen-bond donors (Lipinski definition) is 1. The van der Waals surface area contributed by atoms with Crippen LogP contribution in [0.3, 0.4) is 0 Å². The van der Waals surface area contributed by atoms with E-state index in [2.05, 4.69) is 30.7 Å². The lowest BCUT2D eigenvalue weighted by Gasteiger charge is -2.03. The van der Waals surface area contributed by atoms with Crippen molar-refractivity contribution in [3.05, 3.63) is 36.5 Å². The number of hydrogen-bond acceptors (Lipinski definition) is 8. The Hall–Kier alpha value is -1.74. The van der Waals surface area contributed by atoms with Gasteiger partial charge in [-0.3, -0.25) is 4.79 Å². The fraction of sp³-hybridized carbons (Fsp3) is 0.273. The van der Waals surface area contributed by atoms with Gasteiger partial charge in [-0.2, -0.15) is 0 Å². The van der Waals surface area contributed by atoms with E-state index in [-0.39, 0.29) is 12.3 Å². The maximum atomic E-state index is 11.6. The van der Waals surface area contributed by atoms with Crippen LogP contribution in [0.1, 0.15) is 5.82 Å². The monoisotopic (exact) mass is 308 g/mol. The normalized spacial score (nSPS) is 10.2. The molecule has 0 aliphatic carbocycles. The Morgan fingerprint density at radius 2 is 2.10 bits per heavy atom. The number of nitrogens with zero attached hydrogens (tertiary/aromatic N) is 5. The Labute approximate surface area is 123 Å². The van der Waals surface area contributed by atoms with Crippen molar-refractivity contribution < 1.29 is 4.79 Å². The number of carbonyl (C=O) groups excluding carboxylic acids is 1. The standard InChI is InChI=1S/C11H12N6OS2/c18-10(7-9-16-14-8-15-17-9)12-5-6-19-20-11-3-1-2-4-13-11/h1-4,8H,5-7H2,(H,12,18). The van der Waals surface area contributed by atoms with Crippen LogP contribution in [0.5, 0.6) is 0 Å². The third-order valence-corrected chi connectivity index (χ3v) is 4.32. The van der Waals surface area contributed by atoms with E-state index in [1.54, 1.807) is 27.8 Å². The molecule has 1 N–H and O–H groups in total. The van der Waals surface area contributed by atoms with Gasteiger partial charge in [0.15, 0.2) is 12.2 Å². The van der Waals surface area contributed by atoms with Crippen LogP contribution in [0.25, 0.3) is 0 Å². The summed E-state index contributed by atoms with van der Waals surface area (Å²) in [5.41, 5.74) is 0. The van der Waals surface area contributed by atoms with Crippen molar-refractivity contribution in [1.29, 1.82) is 0 Å². The molecule has 0 atom stereocenters. The molecule has 2 aromatic rings. The number of pyridine rings is 1. The molecule has 0 aliphatic heterocycles. The van der Waals surface area contributed by atoms with Crippen LogP contribution in [0.15, 0.2) is 35.7 Å². The molecule has 2 heterocycles. The van der Waals surface area contributed by atoms with E-state index in [0.29, 0.717) is 12.4 Å². The van der Waals surface area contributed by atoms with E-state index < -0.39 is 0 Å². The number of carbonyl (C=O) groups is 1. The van der Waals surface area contributed by atoms with Crippen LogP contribution in [0.4, 0.5) is 0 Å². The maximum absolute atomic E-state index is 11.6. The van der Waals surface area contributed by atoms with E-state index in [4.69, 9.17) is 0 Å². The van der Waals surface area contributed by atoms with Crippen molar-refractivity contribution in [1.82, 2.24) is 30.7 Å². The number of nitrogens with one attached hydrogen (secondary N) is 1. The highest BCUT2D eigenvalue weighted by atomic mass is 33.1. The zero-order valence-corrected chi connectivity index (χ0v) is 12.1. The van der Waals surface area contributed by atoms with E-state index in [9.17, 15) is 4.79 Å². The Morgan fingerprint density at radius 3 is 2.85 bits per heavy atom. The van der Waals surface area contributed by atoms with E-state index in [1.165, 1.54) is 6.33 Å². The molecular formula is C11H12N6OS2. The molecule has 0 saturated carbocycles. The predicted molar refractivity (Wildman–Crippen MR) is 76.9 cm³/mol. The Morgan fingerprint density at radius 1 is 1.25 bits per heavy atom. The number of amides is 1. The van der Waals surface area contributed by atoms with Gasteiger partial charge in [-0.1, -0.05) is 16.9 Å². The smallest absolute Gasteiger partial charge is 0.227 e. The first-order chi connectivity index (χ1) is 9.84. The largest absolute Gasteiger partial charge is 0.355 e. The molecule has 0 radical (unpaired) electrons. The summed E-state index contributed by atoms with van der Waals surface area (Å²) >= 11 is 0. The lowest BCUT2D eigenvalue weighted by atomic mass is 10.4. The van der Waals surface area contributed by atoms with Crippen molar-refractivity contribution >= 4 is 27.5 Å². The summed E-state index contributed by atoms with van der Waals surface area (Å²) in [6, 6.07) is 5.77. The molecule has 0 bridgehead atoms. The fourth-order valence-electron chi connectivity index (χ4n) is 1.24. The van der Waals surface area contributed by atoms with E-state index in [0.717, 1.165) is 10.8 Å². The van der Waals surface area contributed by atoms with Gasteiger partial charge in [0.25, 0.3) is 0 Å². The van der Waals surface area contributed by atoms with Crippen molar-refractivity contribution in [3.8, 4) is 0 Å². The molecule has 0 spiro atoms. The molecule has 0 saturated heterocycles. The lowest BCUT2D eigenvalue weighted by molar-refractivity contribution is -0.120. The molecule has 2 rings (SSSR count). The van der Waals surface area contributed by atoms with Gasteiger partial charge in [-0.15, -0.1) is 20.4 Å². The molecule has 9 heteroatoms. The molecule has 0 unspecified atom stereocenters. The SMILES string of the molecule is O=C(Cc1nncnn1)NCCSSc1ccccn1. The van der Waals surface area contributed by atoms with E-state index in [1.807, 2.05) is 18.2 Å². The second kappa shape index (κ2) is 8.43. The number of rotatable bonds is 7. The summed E-state index contributed by atoms with van der Waals surface area (Å²) in [6.07, 6.45) is 3.08. The van der Waals surface area contributed by atoms with Crippen molar-refractivity contribution in [3.63, 3.8) is 0 Å². The minimum atomic E-state index is -0.136. The highest BCUT2D eigenvalue weighted by Crippen LogP contribution is 2.28. The summed E-state index contributed by atoms with van der Waals surface area (Å²) in [4.78, 5) is 15.8. The Bertz CT molecular complexity index is 527. The molecule has 1 amide bonds. The molecule has 20 heavy (non-hydrogen) atoms. The fourth-order valence-corrected chi connectivity index (χ4v) is 3.02.